The van der Waals surface area contributed by atoms with Gasteiger partial charge < -0.3 is 9.88 Å². The molecule has 1 N–H and O–H groups in total. The van der Waals surface area contributed by atoms with Crippen molar-refractivity contribution >= 4 is 11.9 Å². The number of nitrogens with one attached hydrogen (secondary N) is 1. The summed E-state index contributed by atoms with van der Waals surface area (Å²) >= 11 is 0. The average molecular weight is 183 g/mol. The van der Waals surface area contributed by atoms with Gasteiger partial charge in [0.05, 0.1) is 18.2 Å². The molecule has 3 rings (SSSR count). The summed E-state index contributed by atoms with van der Waals surface area (Å²) in [5.41, 5.74) is 3.40. The average Bonchev–Trinajstić information content (AvgIpc) is 2.61. The number of hydrogen-bond acceptors (Lipinski definition) is 2. The molecule has 2 heterocycles. The maximum atomic E-state index is 4.13. The molecule has 0 radical (unpaired) electrons. The molecule has 0 aliphatic carbocycles. The highest BCUT2D eigenvalue weighted by molar-refractivity contribution is 5.79. The summed E-state index contributed by atoms with van der Waals surface area (Å²) in [7, 11) is 0. The number of imidazole rings is 1. The van der Waals surface area contributed by atoms with E-state index >= 15 is 0 Å². The zero-order valence-corrected chi connectivity index (χ0v) is 7.51. The lowest BCUT2D eigenvalue weighted by Gasteiger charge is -2.05. The minimum atomic E-state index is 1.11. The van der Waals surface area contributed by atoms with Gasteiger partial charge in [-0.1, -0.05) is 18.2 Å². The van der Waals surface area contributed by atoms with Crippen molar-refractivity contribution in [2.75, 3.05) is 5.32 Å². The predicted octanol–water partition coefficient (Wildman–Crippen LogP) is 2.40. The Bertz CT molecular complexity index is 497. The van der Waals surface area contributed by atoms with Gasteiger partial charge in [-0.25, -0.2) is 4.98 Å². The number of benzene rings is 1. The first-order valence-electron chi connectivity index (χ1n) is 4.49. The van der Waals surface area contributed by atoms with Gasteiger partial charge in [0.25, 0.3) is 0 Å². The molecule has 14 heavy (non-hydrogen) atoms. The number of aromatic nitrogens is 2. The third-order valence-electron chi connectivity index (χ3n) is 2.34. The number of anilines is 1. The molecule has 0 amide bonds. The fraction of sp³-hybridized carbons (Fsp3) is 0. The topological polar surface area (TPSA) is 29.9 Å². The quantitative estimate of drug-likeness (QED) is 0.679. The van der Waals surface area contributed by atoms with Crippen LogP contribution in [0.4, 0.5) is 5.69 Å². The molecule has 1 aromatic carbocycles. The van der Waals surface area contributed by atoms with Crippen LogP contribution in [0.3, 0.4) is 0 Å². The van der Waals surface area contributed by atoms with E-state index in [9.17, 15) is 0 Å². The molecule has 0 atom stereocenters. The molecular formula is C11H9N3. The van der Waals surface area contributed by atoms with Gasteiger partial charge in [-0.15, -0.1) is 0 Å². The Morgan fingerprint density at radius 3 is 3.14 bits per heavy atom. The van der Waals surface area contributed by atoms with Crippen LogP contribution in [0, 0.1) is 0 Å². The highest BCUT2D eigenvalue weighted by Gasteiger charge is 2.09. The maximum Gasteiger partial charge on any atom is 0.0992 e. The summed E-state index contributed by atoms with van der Waals surface area (Å²) in [6, 6.07) is 8.19. The van der Waals surface area contributed by atoms with Crippen molar-refractivity contribution in [1.29, 1.82) is 0 Å². The first-order chi connectivity index (χ1) is 6.95. The van der Waals surface area contributed by atoms with Crippen LogP contribution in [0.25, 0.3) is 17.5 Å². The Kier molecular flexibility index (Phi) is 1.44. The second-order valence-electron chi connectivity index (χ2n) is 3.19. The second-order valence-corrected chi connectivity index (χ2v) is 3.19. The smallest absolute Gasteiger partial charge is 0.0992 e. The monoisotopic (exact) mass is 183 g/mol. The summed E-state index contributed by atoms with van der Waals surface area (Å²) in [4.78, 5) is 4.13. The van der Waals surface area contributed by atoms with Crippen molar-refractivity contribution < 1.29 is 0 Å². The van der Waals surface area contributed by atoms with Crippen molar-refractivity contribution in [3.05, 3.63) is 43.0 Å². The molecule has 0 spiro atoms. The third-order valence-corrected chi connectivity index (χ3v) is 2.34. The lowest BCUT2D eigenvalue weighted by atomic mass is 10.1. The fourth-order valence-electron chi connectivity index (χ4n) is 1.67. The van der Waals surface area contributed by atoms with E-state index in [0.29, 0.717) is 0 Å². The predicted molar refractivity (Wildman–Crippen MR) is 56.6 cm³/mol. The lowest BCUT2D eigenvalue weighted by Crippen LogP contribution is -1.88. The van der Waals surface area contributed by atoms with Gasteiger partial charge in [-0.05, 0) is 6.07 Å². The largest absolute Gasteiger partial charge is 0.360 e. The number of nitrogens with zero attached hydrogens (tertiary/aromatic N) is 2. The van der Waals surface area contributed by atoms with Crippen LogP contribution in [0.15, 0.2) is 43.0 Å². The molecular weight excluding hydrogens is 174 g/mol. The first kappa shape index (κ1) is 7.38. The molecule has 1 aliphatic rings. The summed E-state index contributed by atoms with van der Waals surface area (Å²) in [6.07, 6.45) is 7.55. The van der Waals surface area contributed by atoms with E-state index in [-0.39, 0.29) is 0 Å². The van der Waals surface area contributed by atoms with Crippen LogP contribution in [0.5, 0.6) is 0 Å². The van der Waals surface area contributed by atoms with Crippen LogP contribution in [-0.2, 0) is 0 Å². The summed E-state index contributed by atoms with van der Waals surface area (Å²) in [6.45, 7) is 0. The Balaban J connectivity index is 2.33. The molecule has 0 saturated carbocycles. The molecule has 0 saturated heterocycles. The van der Waals surface area contributed by atoms with Crippen molar-refractivity contribution in [1.82, 2.24) is 9.55 Å². The minimum Gasteiger partial charge on any atom is -0.360 e. The second kappa shape index (κ2) is 2.73. The zero-order chi connectivity index (χ0) is 9.38. The van der Waals surface area contributed by atoms with E-state index in [1.54, 1.807) is 6.33 Å². The Hall–Kier alpha value is -2.03. The molecule has 68 valence electrons. The fourth-order valence-corrected chi connectivity index (χ4v) is 1.67. The standard InChI is InChI=1S/C11H9N3/c1-2-4-10-9(3-1)11-7-12-8-14(11)6-5-13-10/h1-8,13H. The van der Waals surface area contributed by atoms with Crippen molar-refractivity contribution in [2.45, 2.75) is 0 Å². The van der Waals surface area contributed by atoms with Gasteiger partial charge in [0.15, 0.2) is 0 Å². The highest BCUT2D eigenvalue weighted by Crippen LogP contribution is 2.29. The van der Waals surface area contributed by atoms with Crippen LogP contribution in [0.2, 0.25) is 0 Å². The SMILES string of the molecule is C1=Cn2cncc2-c2ccccc2N1. The number of para-hydroxylation sites is 1. The number of hydrogen-bond donors (Lipinski definition) is 1. The Morgan fingerprint density at radius 2 is 2.14 bits per heavy atom. The van der Waals surface area contributed by atoms with Gasteiger partial charge in [0.2, 0.25) is 0 Å². The molecule has 0 fully saturated rings. The number of rotatable bonds is 0. The molecule has 0 unspecified atom stereocenters. The van der Waals surface area contributed by atoms with Gasteiger partial charge >= 0.3 is 0 Å². The van der Waals surface area contributed by atoms with Gasteiger partial charge in [-0.3, -0.25) is 0 Å². The molecule has 1 aliphatic heterocycles. The lowest BCUT2D eigenvalue weighted by molar-refractivity contribution is 1.15. The van der Waals surface area contributed by atoms with E-state index in [4.69, 9.17) is 0 Å². The van der Waals surface area contributed by atoms with Crippen LogP contribution in [0.1, 0.15) is 0 Å². The summed E-state index contributed by atoms with van der Waals surface area (Å²) < 4.78 is 2.00. The van der Waals surface area contributed by atoms with Crippen LogP contribution < -0.4 is 5.32 Å². The van der Waals surface area contributed by atoms with E-state index in [1.165, 1.54) is 5.56 Å². The Morgan fingerprint density at radius 1 is 1.21 bits per heavy atom. The van der Waals surface area contributed by atoms with E-state index in [2.05, 4.69) is 22.4 Å². The van der Waals surface area contributed by atoms with Gasteiger partial charge in [0.1, 0.15) is 0 Å². The molecule has 0 bridgehead atoms. The zero-order valence-electron chi connectivity index (χ0n) is 7.51. The van der Waals surface area contributed by atoms with E-state index in [0.717, 1.165) is 11.4 Å². The molecule has 2 aromatic rings. The normalized spacial score (nSPS) is 12.6. The number of fused-ring (bicyclic) bond motifs is 3. The summed E-state index contributed by atoms with van der Waals surface area (Å²) in [5, 5.41) is 3.23. The van der Waals surface area contributed by atoms with E-state index in [1.807, 2.05) is 35.3 Å². The minimum absolute atomic E-state index is 1.11. The summed E-state index contributed by atoms with van der Waals surface area (Å²) in [5.74, 6) is 0. The maximum absolute atomic E-state index is 4.13. The third kappa shape index (κ3) is 0.956. The van der Waals surface area contributed by atoms with Crippen molar-refractivity contribution in [2.24, 2.45) is 0 Å². The molecule has 3 nitrogen and oxygen atoms in total. The van der Waals surface area contributed by atoms with Gasteiger partial charge in [0, 0.05) is 23.7 Å². The van der Waals surface area contributed by atoms with Crippen LogP contribution >= 0.6 is 0 Å². The highest BCUT2D eigenvalue weighted by atomic mass is 15.1. The van der Waals surface area contributed by atoms with Gasteiger partial charge in [-0.2, -0.15) is 0 Å². The Labute approximate surface area is 81.7 Å². The van der Waals surface area contributed by atoms with Crippen molar-refractivity contribution in [3.63, 3.8) is 0 Å². The molecule has 1 aromatic heterocycles. The first-order valence-corrected chi connectivity index (χ1v) is 4.49. The molecule has 3 heteroatoms. The van der Waals surface area contributed by atoms with Crippen molar-refractivity contribution in [3.8, 4) is 11.3 Å². The van der Waals surface area contributed by atoms with Crippen LogP contribution in [-0.4, -0.2) is 9.55 Å². The van der Waals surface area contributed by atoms with E-state index < -0.39 is 0 Å².